The normalized spacial score (nSPS) is 15.1. The second kappa shape index (κ2) is 9.02. The van der Waals surface area contributed by atoms with Crippen LogP contribution in [0.5, 0.6) is 0 Å². The van der Waals surface area contributed by atoms with Gasteiger partial charge in [0.2, 0.25) is 5.91 Å². The van der Waals surface area contributed by atoms with Crippen molar-refractivity contribution in [1.29, 1.82) is 0 Å². The number of fused-ring (bicyclic) bond motifs is 1. The van der Waals surface area contributed by atoms with Crippen LogP contribution in [0.4, 0.5) is 0 Å². The number of carbonyl (C=O) groups excluding carboxylic acids is 1. The van der Waals surface area contributed by atoms with Crippen LogP contribution in [0.2, 0.25) is 0 Å². The summed E-state index contributed by atoms with van der Waals surface area (Å²) in [5, 5.41) is 7.93. The van der Waals surface area contributed by atoms with Crippen LogP contribution >= 0.6 is 0 Å². The van der Waals surface area contributed by atoms with Crippen LogP contribution < -0.4 is 5.32 Å². The summed E-state index contributed by atoms with van der Waals surface area (Å²) in [6.45, 7) is 0.660. The Morgan fingerprint density at radius 2 is 1.91 bits per heavy atom. The van der Waals surface area contributed by atoms with Gasteiger partial charge in [-0.05, 0) is 47.7 Å². The molecule has 2 aromatic heterocycles. The molecule has 1 unspecified atom stereocenters. The summed E-state index contributed by atoms with van der Waals surface area (Å²) in [6, 6.07) is 22.5. The molecule has 158 valence electrons. The lowest BCUT2D eigenvalue weighted by molar-refractivity contribution is -0.117. The third-order valence-electron chi connectivity index (χ3n) is 5.78. The van der Waals surface area contributed by atoms with Crippen molar-refractivity contribution in [3.8, 4) is 11.3 Å². The van der Waals surface area contributed by atoms with E-state index < -0.39 is 0 Å². The Hall–Kier alpha value is -3.99. The molecule has 5 nitrogen and oxygen atoms in total. The number of benzene rings is 2. The third kappa shape index (κ3) is 4.37. The van der Waals surface area contributed by atoms with Crippen molar-refractivity contribution in [3.05, 3.63) is 114 Å². The van der Waals surface area contributed by atoms with E-state index in [0.717, 1.165) is 29.7 Å². The van der Waals surface area contributed by atoms with E-state index in [-0.39, 0.29) is 11.9 Å². The molecule has 2 aromatic carbocycles. The molecule has 32 heavy (non-hydrogen) atoms. The zero-order valence-corrected chi connectivity index (χ0v) is 17.7. The Balaban J connectivity index is 1.37. The Morgan fingerprint density at radius 1 is 1.06 bits per heavy atom. The summed E-state index contributed by atoms with van der Waals surface area (Å²) >= 11 is 0. The first kappa shape index (κ1) is 19.9. The molecule has 0 spiro atoms. The van der Waals surface area contributed by atoms with E-state index in [0.29, 0.717) is 6.54 Å². The van der Waals surface area contributed by atoms with Crippen LogP contribution in [0, 0.1) is 0 Å². The Kier molecular flexibility index (Phi) is 5.62. The van der Waals surface area contributed by atoms with Crippen molar-refractivity contribution in [2.45, 2.75) is 25.4 Å². The maximum atomic E-state index is 12.7. The van der Waals surface area contributed by atoms with Crippen LogP contribution in [-0.2, 0) is 17.8 Å². The van der Waals surface area contributed by atoms with Crippen molar-refractivity contribution in [2.24, 2.45) is 0 Å². The quantitative estimate of drug-likeness (QED) is 0.456. The number of aryl methyl sites for hydroxylation is 1. The number of amides is 1. The lowest BCUT2D eigenvalue weighted by Gasteiger charge is -2.12. The van der Waals surface area contributed by atoms with Gasteiger partial charge in [-0.2, -0.15) is 5.10 Å². The van der Waals surface area contributed by atoms with Crippen molar-refractivity contribution in [3.63, 3.8) is 0 Å². The number of nitrogens with zero attached hydrogens (tertiary/aromatic N) is 3. The average Bonchev–Trinajstić information content (AvgIpc) is 3.43. The highest BCUT2D eigenvalue weighted by atomic mass is 16.1. The van der Waals surface area contributed by atoms with Crippen molar-refractivity contribution in [2.75, 3.05) is 0 Å². The van der Waals surface area contributed by atoms with Crippen molar-refractivity contribution >= 4 is 12.0 Å². The minimum atomic E-state index is -0.0975. The summed E-state index contributed by atoms with van der Waals surface area (Å²) in [5.74, 6) is -0.0975. The largest absolute Gasteiger partial charge is 0.346 e. The fourth-order valence-corrected chi connectivity index (χ4v) is 4.23. The van der Waals surface area contributed by atoms with Crippen molar-refractivity contribution in [1.82, 2.24) is 20.1 Å². The van der Waals surface area contributed by atoms with E-state index in [1.165, 1.54) is 16.7 Å². The van der Waals surface area contributed by atoms with E-state index in [1.54, 1.807) is 18.5 Å². The van der Waals surface area contributed by atoms with Crippen LogP contribution in [-0.4, -0.2) is 20.7 Å². The van der Waals surface area contributed by atoms with Gasteiger partial charge in [0.15, 0.2) is 0 Å². The number of nitrogens with one attached hydrogen (secondary N) is 1. The summed E-state index contributed by atoms with van der Waals surface area (Å²) in [6.07, 6.45) is 10.9. The van der Waals surface area contributed by atoms with Gasteiger partial charge in [0, 0.05) is 35.8 Å². The molecule has 0 radical (unpaired) electrons. The maximum absolute atomic E-state index is 12.7. The Labute approximate surface area is 187 Å². The zero-order chi connectivity index (χ0) is 21.8. The molecule has 4 aromatic rings. The van der Waals surface area contributed by atoms with Crippen LogP contribution in [0.3, 0.4) is 0 Å². The minimum absolute atomic E-state index is 0.0712. The van der Waals surface area contributed by atoms with Gasteiger partial charge < -0.3 is 5.32 Å². The predicted molar refractivity (Wildman–Crippen MR) is 126 cm³/mol. The standard InChI is InChI=1S/C27H24N4O/c32-26(29-25-14-12-21-9-4-5-11-24(21)25)15-13-23-19-31(18-20-7-2-1-3-8-20)30-27(23)22-10-6-16-28-17-22/h1-11,13,15-17,19,25H,12,14,18H2,(H,29,32)/b15-13+. The summed E-state index contributed by atoms with van der Waals surface area (Å²) in [7, 11) is 0. The molecule has 0 saturated heterocycles. The fraction of sp³-hybridized carbons (Fsp3) is 0.148. The molecule has 2 heterocycles. The molecule has 1 amide bonds. The van der Waals surface area contributed by atoms with Gasteiger partial charge in [0.25, 0.3) is 0 Å². The first-order valence-corrected chi connectivity index (χ1v) is 10.8. The van der Waals surface area contributed by atoms with E-state index in [2.05, 4.69) is 40.6 Å². The van der Waals surface area contributed by atoms with Gasteiger partial charge in [-0.15, -0.1) is 0 Å². The van der Waals surface area contributed by atoms with Gasteiger partial charge >= 0.3 is 0 Å². The number of carbonyl (C=O) groups is 1. The molecule has 1 atom stereocenters. The smallest absolute Gasteiger partial charge is 0.244 e. The Morgan fingerprint density at radius 3 is 2.75 bits per heavy atom. The lowest BCUT2D eigenvalue weighted by Crippen LogP contribution is -2.25. The fourth-order valence-electron chi connectivity index (χ4n) is 4.23. The Bertz CT molecular complexity index is 1250. The summed E-state index contributed by atoms with van der Waals surface area (Å²) in [5.41, 5.74) is 6.33. The van der Waals surface area contributed by atoms with E-state index in [1.807, 2.05) is 53.4 Å². The molecule has 5 rings (SSSR count). The van der Waals surface area contributed by atoms with Crippen molar-refractivity contribution < 1.29 is 4.79 Å². The first-order chi connectivity index (χ1) is 15.8. The molecule has 0 aliphatic heterocycles. The van der Waals surface area contributed by atoms with Gasteiger partial charge in [-0.25, -0.2) is 0 Å². The molecule has 1 aliphatic rings. The molecule has 0 fully saturated rings. The number of rotatable bonds is 6. The highest BCUT2D eigenvalue weighted by molar-refractivity contribution is 5.93. The van der Waals surface area contributed by atoms with E-state index >= 15 is 0 Å². The zero-order valence-electron chi connectivity index (χ0n) is 17.7. The van der Waals surface area contributed by atoms with Crippen LogP contribution in [0.25, 0.3) is 17.3 Å². The monoisotopic (exact) mass is 420 g/mol. The third-order valence-corrected chi connectivity index (χ3v) is 5.78. The van der Waals surface area contributed by atoms with Crippen LogP contribution in [0.1, 0.15) is 34.7 Å². The average molecular weight is 421 g/mol. The molecule has 1 N–H and O–H groups in total. The SMILES string of the molecule is O=C(/C=C/c1cn(Cc2ccccc2)nc1-c1cccnc1)NC1CCc2ccccc21. The van der Waals surface area contributed by atoms with Gasteiger partial charge in [0.1, 0.15) is 5.69 Å². The van der Waals surface area contributed by atoms with Gasteiger partial charge in [-0.3, -0.25) is 14.5 Å². The molecular weight excluding hydrogens is 396 g/mol. The van der Waals surface area contributed by atoms with E-state index in [9.17, 15) is 4.79 Å². The minimum Gasteiger partial charge on any atom is -0.346 e. The van der Waals surface area contributed by atoms with Gasteiger partial charge in [0.05, 0.1) is 12.6 Å². The highest BCUT2D eigenvalue weighted by Gasteiger charge is 2.22. The maximum Gasteiger partial charge on any atom is 0.244 e. The number of aromatic nitrogens is 3. The highest BCUT2D eigenvalue weighted by Crippen LogP contribution is 2.30. The molecule has 1 aliphatic carbocycles. The second-order valence-corrected chi connectivity index (χ2v) is 7.99. The molecule has 0 bridgehead atoms. The molecule has 0 saturated carbocycles. The number of hydrogen-bond acceptors (Lipinski definition) is 3. The first-order valence-electron chi connectivity index (χ1n) is 10.8. The lowest BCUT2D eigenvalue weighted by atomic mass is 10.1. The molecule has 5 heteroatoms. The predicted octanol–water partition coefficient (Wildman–Crippen LogP) is 4.81. The second-order valence-electron chi connectivity index (χ2n) is 7.99. The topological polar surface area (TPSA) is 59.8 Å². The summed E-state index contributed by atoms with van der Waals surface area (Å²) in [4.78, 5) is 16.9. The number of hydrogen-bond donors (Lipinski definition) is 1. The van der Waals surface area contributed by atoms with Crippen LogP contribution in [0.15, 0.2) is 91.4 Å². The number of pyridine rings is 1. The summed E-state index contributed by atoms with van der Waals surface area (Å²) < 4.78 is 1.91. The molecular formula is C27H24N4O. The van der Waals surface area contributed by atoms with E-state index in [4.69, 9.17) is 5.10 Å². The van der Waals surface area contributed by atoms with Gasteiger partial charge in [-0.1, -0.05) is 54.6 Å².